The molecule has 0 aliphatic rings. The molecule has 0 aliphatic heterocycles. The quantitative estimate of drug-likeness (QED) is 0.881. The minimum atomic E-state index is -3.26. The molecule has 1 atom stereocenters. The molecular formula is C11H16N4O2S. The Morgan fingerprint density at radius 3 is 2.89 bits per heavy atom. The van der Waals surface area contributed by atoms with E-state index < -0.39 is 16.1 Å². The smallest absolute Gasteiger partial charge is 0.212 e. The van der Waals surface area contributed by atoms with Crippen LogP contribution in [0.5, 0.6) is 0 Å². The topological polar surface area (TPSA) is 76.4 Å². The van der Waals surface area contributed by atoms with Gasteiger partial charge in [0.1, 0.15) is 0 Å². The number of rotatable bonds is 5. The van der Waals surface area contributed by atoms with Gasteiger partial charge in [0.05, 0.1) is 11.8 Å². The molecule has 0 amide bonds. The van der Waals surface area contributed by atoms with Crippen molar-refractivity contribution in [3.8, 4) is 0 Å². The number of hydrogen-bond donors (Lipinski definition) is 1. The minimum Gasteiger partial charge on any atom is -0.285 e. The molecule has 98 valence electrons. The third-order valence-electron chi connectivity index (χ3n) is 2.56. The summed E-state index contributed by atoms with van der Waals surface area (Å²) in [6.45, 7) is 3.59. The van der Waals surface area contributed by atoms with Crippen LogP contribution >= 0.6 is 0 Å². The van der Waals surface area contributed by atoms with Crippen LogP contribution in [0, 0.1) is 0 Å². The van der Waals surface area contributed by atoms with Gasteiger partial charge in [-0.05, 0) is 25.5 Å². The van der Waals surface area contributed by atoms with E-state index in [1.165, 1.54) is 0 Å². The molecule has 2 rings (SSSR count). The first-order chi connectivity index (χ1) is 8.53. The number of sulfonamides is 1. The lowest BCUT2D eigenvalue weighted by atomic mass is 10.3. The highest BCUT2D eigenvalue weighted by Crippen LogP contribution is 2.12. The largest absolute Gasteiger partial charge is 0.285 e. The zero-order chi connectivity index (χ0) is 13.2. The van der Waals surface area contributed by atoms with Gasteiger partial charge in [0.2, 0.25) is 10.0 Å². The maximum Gasteiger partial charge on any atom is 0.212 e. The number of nitrogens with one attached hydrogen (secondary N) is 1. The predicted octanol–water partition coefficient (Wildman–Crippen LogP) is 1.12. The Balaban J connectivity index is 2.26. The first-order valence-corrected chi connectivity index (χ1v) is 7.48. The van der Waals surface area contributed by atoms with Gasteiger partial charge in [-0.25, -0.2) is 13.1 Å². The lowest BCUT2D eigenvalue weighted by Crippen LogP contribution is -2.30. The normalized spacial score (nSPS) is 13.9. The van der Waals surface area contributed by atoms with E-state index in [-0.39, 0.29) is 5.75 Å². The Morgan fingerprint density at radius 2 is 2.17 bits per heavy atom. The van der Waals surface area contributed by atoms with E-state index in [0.29, 0.717) is 17.9 Å². The molecule has 7 heteroatoms. The Labute approximate surface area is 106 Å². The second-order valence-electron chi connectivity index (χ2n) is 4.15. The van der Waals surface area contributed by atoms with E-state index >= 15 is 0 Å². The van der Waals surface area contributed by atoms with Crippen molar-refractivity contribution in [1.82, 2.24) is 19.3 Å². The molecule has 0 fully saturated rings. The molecule has 0 spiro atoms. The van der Waals surface area contributed by atoms with Crippen LogP contribution < -0.4 is 4.72 Å². The van der Waals surface area contributed by atoms with Gasteiger partial charge in [-0.3, -0.25) is 4.40 Å². The van der Waals surface area contributed by atoms with Crippen LogP contribution in [0.2, 0.25) is 0 Å². The number of aromatic nitrogens is 3. The van der Waals surface area contributed by atoms with Crippen molar-refractivity contribution in [1.29, 1.82) is 0 Å². The third-order valence-corrected chi connectivity index (χ3v) is 4.21. The second kappa shape index (κ2) is 5.03. The molecule has 1 N–H and O–H groups in total. The summed E-state index contributed by atoms with van der Waals surface area (Å²) in [7, 11) is -3.26. The molecule has 0 radical (unpaired) electrons. The standard InChI is InChI=1S/C11H16N4O2S/c1-3-8-18(16,17)14-9(2)11-13-12-10-6-4-5-7-15(10)11/h4-7,9,14H,3,8H2,1-2H3. The van der Waals surface area contributed by atoms with Crippen LogP contribution in [-0.4, -0.2) is 28.8 Å². The van der Waals surface area contributed by atoms with E-state index in [4.69, 9.17) is 0 Å². The Morgan fingerprint density at radius 1 is 1.39 bits per heavy atom. The molecule has 0 bridgehead atoms. The van der Waals surface area contributed by atoms with E-state index in [0.717, 1.165) is 0 Å². The van der Waals surface area contributed by atoms with Crippen LogP contribution in [0.4, 0.5) is 0 Å². The average Bonchev–Trinajstić information content (AvgIpc) is 2.71. The summed E-state index contributed by atoms with van der Waals surface area (Å²) in [6, 6.07) is 5.13. The van der Waals surface area contributed by atoms with Crippen molar-refractivity contribution in [3.05, 3.63) is 30.2 Å². The molecule has 0 aliphatic carbocycles. The predicted molar refractivity (Wildman–Crippen MR) is 68.6 cm³/mol. The van der Waals surface area contributed by atoms with Crippen molar-refractivity contribution in [2.24, 2.45) is 0 Å². The molecule has 0 saturated carbocycles. The summed E-state index contributed by atoms with van der Waals surface area (Å²) in [5.74, 6) is 0.707. The van der Waals surface area contributed by atoms with Crippen molar-refractivity contribution in [3.63, 3.8) is 0 Å². The van der Waals surface area contributed by atoms with Crippen LogP contribution in [0.25, 0.3) is 5.65 Å². The van der Waals surface area contributed by atoms with Gasteiger partial charge in [-0.1, -0.05) is 13.0 Å². The molecular weight excluding hydrogens is 252 g/mol. The van der Waals surface area contributed by atoms with Gasteiger partial charge in [0.25, 0.3) is 0 Å². The molecule has 0 saturated heterocycles. The van der Waals surface area contributed by atoms with Gasteiger partial charge in [0.15, 0.2) is 11.5 Å². The van der Waals surface area contributed by atoms with E-state index in [1.807, 2.05) is 31.3 Å². The zero-order valence-electron chi connectivity index (χ0n) is 10.4. The molecule has 2 aromatic heterocycles. The van der Waals surface area contributed by atoms with Crippen LogP contribution in [0.1, 0.15) is 32.1 Å². The maximum atomic E-state index is 11.7. The molecule has 0 aromatic carbocycles. The summed E-state index contributed by atoms with van der Waals surface area (Å²) >= 11 is 0. The SMILES string of the molecule is CCCS(=O)(=O)NC(C)c1nnc2ccccn12. The summed E-state index contributed by atoms with van der Waals surface area (Å²) in [4.78, 5) is 0. The van der Waals surface area contributed by atoms with Gasteiger partial charge >= 0.3 is 0 Å². The molecule has 2 aromatic rings. The van der Waals surface area contributed by atoms with Gasteiger partial charge in [0, 0.05) is 6.20 Å². The first kappa shape index (κ1) is 13.0. The Bertz CT molecular complexity index is 635. The number of nitrogens with zero attached hydrogens (tertiary/aromatic N) is 3. The van der Waals surface area contributed by atoms with E-state index in [2.05, 4.69) is 14.9 Å². The fourth-order valence-corrected chi connectivity index (χ4v) is 3.10. The number of hydrogen-bond acceptors (Lipinski definition) is 4. The average molecular weight is 268 g/mol. The Hall–Kier alpha value is -1.47. The van der Waals surface area contributed by atoms with Crippen molar-refractivity contribution < 1.29 is 8.42 Å². The third kappa shape index (κ3) is 2.68. The Kier molecular flexibility index (Phi) is 3.63. The summed E-state index contributed by atoms with van der Waals surface area (Å²) in [5, 5.41) is 8.02. The highest BCUT2D eigenvalue weighted by Gasteiger charge is 2.18. The fraction of sp³-hybridized carbons (Fsp3) is 0.455. The summed E-state index contributed by atoms with van der Waals surface area (Å²) in [5.41, 5.74) is 0.703. The molecule has 1 unspecified atom stereocenters. The maximum absolute atomic E-state index is 11.7. The van der Waals surface area contributed by atoms with Crippen molar-refractivity contribution in [2.45, 2.75) is 26.3 Å². The van der Waals surface area contributed by atoms with Gasteiger partial charge in [-0.15, -0.1) is 10.2 Å². The van der Waals surface area contributed by atoms with Crippen LogP contribution in [0.3, 0.4) is 0 Å². The fourth-order valence-electron chi connectivity index (χ4n) is 1.80. The highest BCUT2D eigenvalue weighted by molar-refractivity contribution is 7.89. The number of pyridine rings is 1. The first-order valence-electron chi connectivity index (χ1n) is 5.83. The zero-order valence-corrected chi connectivity index (χ0v) is 11.2. The highest BCUT2D eigenvalue weighted by atomic mass is 32.2. The number of fused-ring (bicyclic) bond motifs is 1. The minimum absolute atomic E-state index is 0.119. The van der Waals surface area contributed by atoms with E-state index in [1.54, 1.807) is 11.3 Å². The monoisotopic (exact) mass is 268 g/mol. The molecule has 6 nitrogen and oxygen atoms in total. The van der Waals surface area contributed by atoms with Gasteiger partial charge < -0.3 is 0 Å². The molecule has 18 heavy (non-hydrogen) atoms. The second-order valence-corrected chi connectivity index (χ2v) is 6.02. The lowest BCUT2D eigenvalue weighted by Gasteiger charge is -2.12. The van der Waals surface area contributed by atoms with Crippen LogP contribution in [0.15, 0.2) is 24.4 Å². The van der Waals surface area contributed by atoms with Crippen molar-refractivity contribution >= 4 is 15.7 Å². The summed E-state index contributed by atoms with van der Waals surface area (Å²) < 4.78 is 27.8. The van der Waals surface area contributed by atoms with Gasteiger partial charge in [-0.2, -0.15) is 0 Å². The van der Waals surface area contributed by atoms with Crippen molar-refractivity contribution in [2.75, 3.05) is 5.75 Å². The lowest BCUT2D eigenvalue weighted by molar-refractivity contribution is 0.557. The van der Waals surface area contributed by atoms with E-state index in [9.17, 15) is 8.42 Å². The summed E-state index contributed by atoms with van der Waals surface area (Å²) in [6.07, 6.45) is 2.40. The van der Waals surface area contributed by atoms with Crippen LogP contribution in [-0.2, 0) is 10.0 Å². The molecule has 2 heterocycles.